The Morgan fingerprint density at radius 2 is 1.89 bits per heavy atom. The van der Waals surface area contributed by atoms with Crippen molar-refractivity contribution in [1.82, 2.24) is 14.7 Å². The Hall–Kier alpha value is -0.980. The van der Waals surface area contributed by atoms with Gasteiger partial charge in [-0.1, -0.05) is 28.1 Å². The molecule has 1 saturated heterocycles. The van der Waals surface area contributed by atoms with Gasteiger partial charge in [-0.2, -0.15) is 9.36 Å². The van der Waals surface area contributed by atoms with E-state index in [2.05, 4.69) is 35.5 Å². The molecule has 1 N–H and O–H groups in total. The van der Waals surface area contributed by atoms with Gasteiger partial charge in [0, 0.05) is 47.7 Å². The van der Waals surface area contributed by atoms with Gasteiger partial charge in [-0.25, -0.2) is 0 Å². The van der Waals surface area contributed by atoms with Crippen LogP contribution in [0.3, 0.4) is 0 Å². The lowest BCUT2D eigenvalue weighted by Gasteiger charge is -2.26. The average Bonchev–Trinajstić information content (AvgIpc) is 2.90. The molecule has 18 heavy (non-hydrogen) atoms. The Bertz CT molecular complexity index is 519. The molecule has 1 aliphatic heterocycles. The van der Waals surface area contributed by atoms with Crippen LogP contribution in [-0.2, 0) is 0 Å². The van der Waals surface area contributed by atoms with E-state index >= 15 is 0 Å². The van der Waals surface area contributed by atoms with Crippen molar-refractivity contribution in [2.75, 3.05) is 31.1 Å². The highest BCUT2D eigenvalue weighted by Gasteiger charge is 2.15. The van der Waals surface area contributed by atoms with Crippen LogP contribution in [0.2, 0.25) is 0 Å². The SMILES string of the molecule is Brc1ccc(-c2nsc(N3CCNCC3)n2)cc1. The number of piperazine rings is 1. The summed E-state index contributed by atoms with van der Waals surface area (Å²) in [5.41, 5.74) is 1.07. The van der Waals surface area contributed by atoms with Crippen molar-refractivity contribution in [2.45, 2.75) is 0 Å². The van der Waals surface area contributed by atoms with Crippen molar-refractivity contribution < 1.29 is 0 Å². The van der Waals surface area contributed by atoms with Gasteiger partial charge in [-0.15, -0.1) is 0 Å². The van der Waals surface area contributed by atoms with Gasteiger partial charge in [0.15, 0.2) is 5.82 Å². The minimum absolute atomic E-state index is 0.820. The summed E-state index contributed by atoms with van der Waals surface area (Å²) in [4.78, 5) is 6.91. The van der Waals surface area contributed by atoms with Crippen molar-refractivity contribution in [3.05, 3.63) is 28.7 Å². The normalized spacial score (nSPS) is 15.9. The molecule has 1 aromatic carbocycles. The second kappa shape index (κ2) is 5.34. The van der Waals surface area contributed by atoms with E-state index in [0.29, 0.717) is 0 Å². The van der Waals surface area contributed by atoms with Gasteiger partial charge in [0.1, 0.15) is 0 Å². The number of nitrogens with one attached hydrogen (secondary N) is 1. The van der Waals surface area contributed by atoms with Crippen molar-refractivity contribution in [3.8, 4) is 11.4 Å². The van der Waals surface area contributed by atoms with E-state index in [1.807, 2.05) is 24.3 Å². The third-order valence-electron chi connectivity index (χ3n) is 2.91. The van der Waals surface area contributed by atoms with Gasteiger partial charge in [0.25, 0.3) is 0 Å². The summed E-state index contributed by atoms with van der Waals surface area (Å²) in [5.74, 6) is 0.820. The fourth-order valence-corrected chi connectivity index (χ4v) is 2.92. The van der Waals surface area contributed by atoms with Gasteiger partial charge >= 0.3 is 0 Å². The van der Waals surface area contributed by atoms with E-state index in [-0.39, 0.29) is 0 Å². The lowest BCUT2D eigenvalue weighted by Crippen LogP contribution is -2.43. The molecule has 2 aromatic rings. The topological polar surface area (TPSA) is 41.1 Å². The van der Waals surface area contributed by atoms with E-state index in [1.54, 1.807) is 0 Å². The highest BCUT2D eigenvalue weighted by atomic mass is 79.9. The molecule has 0 saturated carbocycles. The van der Waals surface area contributed by atoms with Gasteiger partial charge in [-0.05, 0) is 12.1 Å². The van der Waals surface area contributed by atoms with Crippen LogP contribution in [0.15, 0.2) is 28.7 Å². The molecule has 1 aromatic heterocycles. The maximum atomic E-state index is 4.62. The minimum Gasteiger partial charge on any atom is -0.344 e. The third-order valence-corrected chi connectivity index (χ3v) is 4.21. The quantitative estimate of drug-likeness (QED) is 0.920. The highest BCUT2D eigenvalue weighted by Crippen LogP contribution is 2.25. The van der Waals surface area contributed by atoms with Crippen molar-refractivity contribution >= 4 is 32.6 Å². The molecule has 4 nitrogen and oxygen atoms in total. The Kier molecular flexibility index (Phi) is 3.58. The van der Waals surface area contributed by atoms with Crippen LogP contribution < -0.4 is 10.2 Å². The molecule has 0 amide bonds. The maximum absolute atomic E-state index is 4.62. The first kappa shape index (κ1) is 12.1. The number of anilines is 1. The van der Waals surface area contributed by atoms with E-state index in [9.17, 15) is 0 Å². The molecule has 0 atom stereocenters. The van der Waals surface area contributed by atoms with E-state index < -0.39 is 0 Å². The van der Waals surface area contributed by atoms with E-state index in [0.717, 1.165) is 47.2 Å². The van der Waals surface area contributed by atoms with Crippen LogP contribution in [0.5, 0.6) is 0 Å². The Morgan fingerprint density at radius 3 is 2.61 bits per heavy atom. The fraction of sp³-hybridized carbons (Fsp3) is 0.333. The second-order valence-electron chi connectivity index (χ2n) is 4.14. The molecule has 0 spiro atoms. The van der Waals surface area contributed by atoms with E-state index in [1.165, 1.54) is 11.5 Å². The number of benzene rings is 1. The molecule has 94 valence electrons. The van der Waals surface area contributed by atoms with Crippen molar-refractivity contribution in [3.63, 3.8) is 0 Å². The predicted molar refractivity (Wildman–Crippen MR) is 78.1 cm³/mol. The number of aromatic nitrogens is 2. The zero-order valence-electron chi connectivity index (χ0n) is 9.77. The average molecular weight is 325 g/mol. The van der Waals surface area contributed by atoms with Crippen LogP contribution in [0.1, 0.15) is 0 Å². The first-order chi connectivity index (χ1) is 8.83. The van der Waals surface area contributed by atoms with Crippen LogP contribution in [0, 0.1) is 0 Å². The van der Waals surface area contributed by atoms with Gasteiger partial charge in [0.05, 0.1) is 0 Å². The predicted octanol–water partition coefficient (Wildman–Crippen LogP) is 2.38. The zero-order valence-corrected chi connectivity index (χ0v) is 12.2. The molecule has 0 aliphatic carbocycles. The van der Waals surface area contributed by atoms with E-state index in [4.69, 9.17) is 0 Å². The molecule has 2 heterocycles. The summed E-state index contributed by atoms with van der Waals surface area (Å²) in [6, 6.07) is 8.10. The summed E-state index contributed by atoms with van der Waals surface area (Å²) in [6.45, 7) is 4.06. The molecule has 0 unspecified atom stereocenters. The van der Waals surface area contributed by atoms with Crippen molar-refractivity contribution in [2.24, 2.45) is 0 Å². The molecule has 1 aliphatic rings. The van der Waals surface area contributed by atoms with Crippen LogP contribution in [0.25, 0.3) is 11.4 Å². The van der Waals surface area contributed by atoms with Crippen LogP contribution in [-0.4, -0.2) is 35.5 Å². The van der Waals surface area contributed by atoms with Crippen LogP contribution >= 0.6 is 27.5 Å². The summed E-state index contributed by atoms with van der Waals surface area (Å²) in [6.07, 6.45) is 0. The van der Waals surface area contributed by atoms with Gasteiger partial charge in [0.2, 0.25) is 5.13 Å². The molecular weight excluding hydrogens is 312 g/mol. The minimum atomic E-state index is 0.820. The standard InChI is InChI=1S/C12H13BrN4S/c13-10-3-1-9(2-4-10)11-15-12(18-16-11)17-7-5-14-6-8-17/h1-4,14H,5-8H2. The molecule has 0 bridgehead atoms. The monoisotopic (exact) mass is 324 g/mol. The largest absolute Gasteiger partial charge is 0.344 e. The molecule has 0 radical (unpaired) electrons. The molecule has 6 heteroatoms. The third kappa shape index (κ3) is 2.55. The molecule has 3 rings (SSSR count). The lowest BCUT2D eigenvalue weighted by molar-refractivity contribution is 0.588. The maximum Gasteiger partial charge on any atom is 0.205 e. The Labute approximate surface area is 118 Å². The van der Waals surface area contributed by atoms with Gasteiger partial charge < -0.3 is 10.2 Å². The number of halogens is 1. The Balaban J connectivity index is 1.82. The van der Waals surface area contributed by atoms with Gasteiger partial charge in [-0.3, -0.25) is 0 Å². The highest BCUT2D eigenvalue weighted by molar-refractivity contribution is 9.10. The zero-order chi connectivity index (χ0) is 12.4. The Morgan fingerprint density at radius 1 is 1.17 bits per heavy atom. The smallest absolute Gasteiger partial charge is 0.205 e. The second-order valence-corrected chi connectivity index (χ2v) is 5.79. The fourth-order valence-electron chi connectivity index (χ4n) is 1.92. The number of hydrogen-bond donors (Lipinski definition) is 1. The number of nitrogens with zero attached hydrogens (tertiary/aromatic N) is 3. The first-order valence-corrected chi connectivity index (χ1v) is 7.45. The number of rotatable bonds is 2. The molecular formula is C12H13BrN4S. The summed E-state index contributed by atoms with van der Waals surface area (Å²) in [7, 11) is 0. The lowest BCUT2D eigenvalue weighted by atomic mass is 10.2. The van der Waals surface area contributed by atoms with Crippen LogP contribution in [0.4, 0.5) is 5.13 Å². The summed E-state index contributed by atoms with van der Waals surface area (Å²) < 4.78 is 5.52. The number of hydrogen-bond acceptors (Lipinski definition) is 5. The summed E-state index contributed by atoms with van der Waals surface area (Å²) in [5, 5.41) is 4.36. The first-order valence-electron chi connectivity index (χ1n) is 5.88. The molecule has 1 fully saturated rings. The van der Waals surface area contributed by atoms with Crippen molar-refractivity contribution in [1.29, 1.82) is 0 Å². The summed E-state index contributed by atoms with van der Waals surface area (Å²) >= 11 is 4.91.